The second-order valence-electron chi connectivity index (χ2n) is 8.65. The average Bonchev–Trinajstić information content (AvgIpc) is 2.94. The smallest absolute Gasteiger partial charge is 0.269 e. The molecule has 6 aromatic rings. The highest BCUT2D eigenvalue weighted by molar-refractivity contribution is 6.08. The summed E-state index contributed by atoms with van der Waals surface area (Å²) in [5, 5.41) is 15.7. The third kappa shape index (κ3) is 3.75. The van der Waals surface area contributed by atoms with Gasteiger partial charge in [0.15, 0.2) is 0 Å². The van der Waals surface area contributed by atoms with Crippen molar-refractivity contribution in [2.24, 2.45) is 0 Å². The van der Waals surface area contributed by atoms with Gasteiger partial charge in [0.1, 0.15) is 0 Å². The molecule has 0 amide bonds. The number of nitro benzene ring substituents is 1. The van der Waals surface area contributed by atoms with Crippen LogP contribution in [0.15, 0.2) is 133 Å². The van der Waals surface area contributed by atoms with Crippen LogP contribution >= 0.6 is 0 Å². The minimum absolute atomic E-state index is 0.0888. The number of hydrogen-bond acceptors (Lipinski definition) is 3. The van der Waals surface area contributed by atoms with Crippen LogP contribution in [0.5, 0.6) is 0 Å². The third-order valence-corrected chi connectivity index (χ3v) is 6.55. The van der Waals surface area contributed by atoms with Gasteiger partial charge in [0.05, 0.1) is 16.3 Å². The highest BCUT2D eigenvalue weighted by Gasteiger charge is 2.19. The molecule has 0 unspecified atom stereocenters. The third-order valence-electron chi connectivity index (χ3n) is 6.55. The van der Waals surface area contributed by atoms with Gasteiger partial charge in [-0.15, -0.1) is 0 Å². The van der Waals surface area contributed by atoms with Gasteiger partial charge in [0.2, 0.25) is 0 Å². The molecule has 0 aliphatic rings. The molecule has 172 valence electrons. The lowest BCUT2D eigenvalue weighted by atomic mass is 9.96. The van der Waals surface area contributed by atoms with Gasteiger partial charge in [-0.3, -0.25) is 10.1 Å². The van der Waals surface area contributed by atoms with Gasteiger partial charge in [-0.25, -0.2) is 0 Å². The fraction of sp³-hybridized carbons (Fsp3) is 0. The van der Waals surface area contributed by atoms with Gasteiger partial charge < -0.3 is 4.90 Å². The summed E-state index contributed by atoms with van der Waals surface area (Å²) in [6.07, 6.45) is 0. The summed E-state index contributed by atoms with van der Waals surface area (Å²) in [5.74, 6) is 0. The molecule has 36 heavy (non-hydrogen) atoms. The summed E-state index contributed by atoms with van der Waals surface area (Å²) in [6.45, 7) is 0. The van der Waals surface area contributed by atoms with E-state index in [2.05, 4.69) is 102 Å². The number of hydrogen-bond donors (Lipinski definition) is 0. The van der Waals surface area contributed by atoms with E-state index in [9.17, 15) is 10.1 Å². The Balaban J connectivity index is 1.60. The summed E-state index contributed by atoms with van der Waals surface area (Å²) in [5.41, 5.74) is 5.31. The second kappa shape index (κ2) is 9.01. The molecule has 6 rings (SSSR count). The molecule has 0 heterocycles. The number of fused-ring (bicyclic) bond motifs is 2. The van der Waals surface area contributed by atoms with E-state index in [0.29, 0.717) is 0 Å². The number of nitro groups is 1. The molecule has 4 nitrogen and oxygen atoms in total. The lowest BCUT2D eigenvalue weighted by Crippen LogP contribution is -2.11. The summed E-state index contributed by atoms with van der Waals surface area (Å²) in [6, 6.07) is 44.6. The molecule has 0 bridgehead atoms. The number of anilines is 3. The molecule has 0 N–H and O–H groups in total. The molecule has 0 saturated carbocycles. The molecular formula is C32H22N2O2. The van der Waals surface area contributed by atoms with E-state index < -0.39 is 0 Å². The predicted molar refractivity (Wildman–Crippen MR) is 148 cm³/mol. The molecule has 0 aliphatic heterocycles. The van der Waals surface area contributed by atoms with Gasteiger partial charge in [0, 0.05) is 28.6 Å². The monoisotopic (exact) mass is 466 g/mol. The molecule has 0 spiro atoms. The fourth-order valence-corrected chi connectivity index (χ4v) is 4.88. The van der Waals surface area contributed by atoms with Crippen molar-refractivity contribution in [3.8, 4) is 11.1 Å². The largest absolute Gasteiger partial charge is 0.309 e. The van der Waals surface area contributed by atoms with Crippen LogP contribution in [0.25, 0.3) is 32.7 Å². The van der Waals surface area contributed by atoms with E-state index in [4.69, 9.17) is 0 Å². The van der Waals surface area contributed by atoms with E-state index in [1.807, 2.05) is 24.3 Å². The zero-order valence-electron chi connectivity index (χ0n) is 19.4. The van der Waals surface area contributed by atoms with E-state index in [1.54, 1.807) is 12.1 Å². The minimum atomic E-state index is -0.368. The first-order valence-corrected chi connectivity index (χ1v) is 11.8. The summed E-state index contributed by atoms with van der Waals surface area (Å²) in [4.78, 5) is 13.1. The van der Waals surface area contributed by atoms with Crippen molar-refractivity contribution in [3.05, 3.63) is 144 Å². The van der Waals surface area contributed by atoms with Crippen LogP contribution in [0.4, 0.5) is 22.7 Å². The Labute approximate surface area is 208 Å². The van der Waals surface area contributed by atoms with Crippen LogP contribution in [0, 0.1) is 10.1 Å². The number of nitrogens with zero attached hydrogens (tertiary/aromatic N) is 2. The average molecular weight is 467 g/mol. The van der Waals surface area contributed by atoms with Crippen LogP contribution in [0.2, 0.25) is 0 Å². The van der Waals surface area contributed by atoms with Crippen molar-refractivity contribution in [3.63, 3.8) is 0 Å². The molecule has 4 heteroatoms. The molecule has 0 fully saturated rings. The predicted octanol–water partition coefficient (Wildman–Crippen LogP) is 9.04. The zero-order valence-corrected chi connectivity index (χ0v) is 19.4. The number of rotatable bonds is 5. The maximum atomic E-state index is 11.1. The molecule has 6 aromatic carbocycles. The summed E-state index contributed by atoms with van der Waals surface area (Å²) < 4.78 is 0. The SMILES string of the molecule is O=[N+]([O-])c1ccc(-c2ccc(N(c3ccccc3)c3cccc4ccccc34)c3ccccc23)cc1. The van der Waals surface area contributed by atoms with Crippen LogP contribution in [0.1, 0.15) is 0 Å². The second-order valence-corrected chi connectivity index (χ2v) is 8.65. The quantitative estimate of drug-likeness (QED) is 0.188. The Morgan fingerprint density at radius 2 is 1.14 bits per heavy atom. The van der Waals surface area contributed by atoms with Crippen LogP contribution in [-0.4, -0.2) is 4.92 Å². The van der Waals surface area contributed by atoms with Crippen LogP contribution in [-0.2, 0) is 0 Å². The highest BCUT2D eigenvalue weighted by Crippen LogP contribution is 2.43. The molecular weight excluding hydrogens is 444 g/mol. The van der Waals surface area contributed by atoms with E-state index in [1.165, 1.54) is 10.8 Å². The minimum Gasteiger partial charge on any atom is -0.309 e. The molecule has 0 aromatic heterocycles. The Bertz CT molecular complexity index is 1710. The zero-order chi connectivity index (χ0) is 24.5. The topological polar surface area (TPSA) is 46.4 Å². The lowest BCUT2D eigenvalue weighted by molar-refractivity contribution is -0.384. The van der Waals surface area contributed by atoms with Gasteiger partial charge in [0.25, 0.3) is 5.69 Å². The van der Waals surface area contributed by atoms with E-state index in [0.717, 1.165) is 39.0 Å². The molecule has 0 saturated heterocycles. The number of para-hydroxylation sites is 1. The maximum absolute atomic E-state index is 11.1. The lowest BCUT2D eigenvalue weighted by Gasteiger charge is -2.28. The van der Waals surface area contributed by atoms with Gasteiger partial charge in [-0.1, -0.05) is 84.9 Å². The Kier molecular flexibility index (Phi) is 5.39. The molecule has 0 atom stereocenters. The number of non-ortho nitro benzene ring substituents is 1. The molecule has 0 aliphatic carbocycles. The van der Waals surface area contributed by atoms with Crippen LogP contribution in [0.3, 0.4) is 0 Å². The first kappa shape index (κ1) is 21.6. The van der Waals surface area contributed by atoms with E-state index >= 15 is 0 Å². The fourth-order valence-electron chi connectivity index (χ4n) is 4.88. The van der Waals surface area contributed by atoms with Crippen molar-refractivity contribution in [1.29, 1.82) is 0 Å². The van der Waals surface area contributed by atoms with Gasteiger partial charge >= 0.3 is 0 Å². The normalized spacial score (nSPS) is 11.0. The maximum Gasteiger partial charge on any atom is 0.269 e. The first-order chi connectivity index (χ1) is 17.7. The Hall–Kier alpha value is -4.96. The van der Waals surface area contributed by atoms with Crippen molar-refractivity contribution >= 4 is 44.3 Å². The first-order valence-electron chi connectivity index (χ1n) is 11.8. The van der Waals surface area contributed by atoms with Crippen molar-refractivity contribution in [2.45, 2.75) is 0 Å². The highest BCUT2D eigenvalue weighted by atomic mass is 16.6. The standard InChI is InChI=1S/C32H22N2O2/c35-34(36)26-19-17-24(18-20-26)27-21-22-32(30-15-7-6-14-29(27)30)33(25-11-2-1-3-12-25)31-16-8-10-23-9-4-5-13-28(23)31/h1-22H. The Morgan fingerprint density at radius 3 is 1.89 bits per heavy atom. The van der Waals surface area contributed by atoms with Gasteiger partial charge in [-0.2, -0.15) is 0 Å². The van der Waals surface area contributed by atoms with E-state index in [-0.39, 0.29) is 10.6 Å². The number of benzene rings is 6. The van der Waals surface area contributed by atoms with Crippen molar-refractivity contribution in [1.82, 2.24) is 0 Å². The Morgan fingerprint density at radius 1 is 0.528 bits per heavy atom. The van der Waals surface area contributed by atoms with Crippen molar-refractivity contribution in [2.75, 3.05) is 4.90 Å². The van der Waals surface area contributed by atoms with Gasteiger partial charge in [-0.05, 0) is 58.3 Å². The van der Waals surface area contributed by atoms with Crippen LogP contribution < -0.4 is 4.90 Å². The summed E-state index contributed by atoms with van der Waals surface area (Å²) in [7, 11) is 0. The molecule has 0 radical (unpaired) electrons. The summed E-state index contributed by atoms with van der Waals surface area (Å²) >= 11 is 0. The van der Waals surface area contributed by atoms with Crippen molar-refractivity contribution < 1.29 is 4.92 Å².